The maximum absolute atomic E-state index is 12.8. The van der Waals surface area contributed by atoms with Gasteiger partial charge in [-0.15, -0.1) is 0 Å². The molecule has 0 saturated heterocycles. The topological polar surface area (TPSA) is 17.1 Å². The van der Waals surface area contributed by atoms with Crippen molar-refractivity contribution in [2.24, 2.45) is 17.3 Å². The summed E-state index contributed by atoms with van der Waals surface area (Å²) in [7, 11) is 0. The van der Waals surface area contributed by atoms with Gasteiger partial charge in [0.05, 0.1) is 5.92 Å². The Hall–Kier alpha value is -1.89. The molecule has 11 bridgehead atoms. The van der Waals surface area contributed by atoms with Gasteiger partial charge in [-0.2, -0.15) is 0 Å². The van der Waals surface area contributed by atoms with E-state index < -0.39 is 0 Å². The molecule has 8 rings (SSSR count). The predicted molar refractivity (Wildman–Crippen MR) is 103 cm³/mol. The Morgan fingerprint density at radius 1 is 1.00 bits per heavy atom. The number of hydrogen-bond acceptors (Lipinski definition) is 1. The van der Waals surface area contributed by atoms with Crippen LogP contribution in [0.2, 0.25) is 0 Å². The lowest BCUT2D eigenvalue weighted by atomic mass is 9.62. The van der Waals surface area contributed by atoms with E-state index in [0.29, 0.717) is 17.1 Å². The molecule has 0 N–H and O–H groups in total. The van der Waals surface area contributed by atoms with Crippen LogP contribution in [0.5, 0.6) is 0 Å². The predicted octanol–water partition coefficient (Wildman–Crippen LogP) is 3.91. The van der Waals surface area contributed by atoms with Crippen molar-refractivity contribution in [2.75, 3.05) is 0 Å². The van der Waals surface area contributed by atoms with Gasteiger partial charge in [-0.3, -0.25) is 4.79 Å². The number of Topliss-reactive ketones (excluding diaryl/α,β-unsaturated/α-hetero) is 1. The lowest BCUT2D eigenvalue weighted by Gasteiger charge is -2.41. The maximum atomic E-state index is 12.8. The van der Waals surface area contributed by atoms with Crippen LogP contribution in [-0.4, -0.2) is 5.78 Å². The van der Waals surface area contributed by atoms with Gasteiger partial charge < -0.3 is 0 Å². The molecule has 1 aromatic rings. The molecular weight excluding hydrogens is 316 g/mol. The normalized spacial score (nSPS) is 38.5. The van der Waals surface area contributed by atoms with Gasteiger partial charge in [-0.05, 0) is 72.4 Å². The quantitative estimate of drug-likeness (QED) is 0.654. The first-order chi connectivity index (χ1) is 12.7. The minimum absolute atomic E-state index is 0.0255. The molecule has 7 aliphatic carbocycles. The number of ketones is 1. The molecule has 4 unspecified atom stereocenters. The maximum Gasteiger partial charge on any atom is 0.144 e. The van der Waals surface area contributed by atoms with Crippen molar-refractivity contribution in [2.45, 2.75) is 57.3 Å². The molecule has 0 amide bonds. The van der Waals surface area contributed by atoms with Gasteiger partial charge >= 0.3 is 0 Å². The lowest BCUT2D eigenvalue weighted by molar-refractivity contribution is -0.120. The third-order valence-electron chi connectivity index (χ3n) is 8.58. The molecule has 1 nitrogen and oxygen atoms in total. The van der Waals surface area contributed by atoms with Gasteiger partial charge in [0.25, 0.3) is 0 Å². The highest BCUT2D eigenvalue weighted by Crippen LogP contribution is 2.68. The first-order valence-corrected chi connectivity index (χ1v) is 10.6. The second-order valence-corrected chi connectivity index (χ2v) is 9.48. The minimum atomic E-state index is 0.0255. The zero-order valence-electron chi connectivity index (χ0n) is 15.2. The lowest BCUT2D eigenvalue weighted by Crippen LogP contribution is -2.36. The molecule has 4 atom stereocenters. The summed E-state index contributed by atoms with van der Waals surface area (Å²) in [6.45, 7) is 0. The number of carbonyl (C=O) groups excluding carboxylic acids is 1. The van der Waals surface area contributed by atoms with Crippen LogP contribution in [0.3, 0.4) is 0 Å². The Balaban J connectivity index is 1.67. The zero-order chi connectivity index (χ0) is 17.0. The zero-order valence-corrected chi connectivity index (χ0v) is 15.2. The summed E-state index contributed by atoms with van der Waals surface area (Å²) in [5.41, 5.74) is 8.56. The van der Waals surface area contributed by atoms with Crippen LogP contribution in [0.25, 0.3) is 12.2 Å². The average Bonchev–Trinajstić information content (AvgIpc) is 3.24. The van der Waals surface area contributed by atoms with Gasteiger partial charge in [-0.25, -0.2) is 0 Å². The highest BCUT2D eigenvalue weighted by molar-refractivity contribution is 5.95. The number of benzene rings is 1. The SMILES string of the molecule is O=C1CCC2=C3C=c4ccc(cc4=CC13)C1CCCC3=C1C1CCC23C1. The molecule has 26 heavy (non-hydrogen) atoms. The molecule has 1 saturated carbocycles. The van der Waals surface area contributed by atoms with E-state index in [2.05, 4.69) is 30.4 Å². The van der Waals surface area contributed by atoms with Gasteiger partial charge in [0, 0.05) is 17.8 Å². The largest absolute Gasteiger partial charge is 0.299 e. The molecule has 0 radical (unpaired) electrons. The standard InChI is InChI=1S/C25H24O/c26-23-7-6-21-19-11-14-4-5-15(10-17(14)12-20(19)23)18-2-1-3-22-24(18)16-8-9-25(21,22)13-16/h4-5,10-12,16,18,20H,1-3,6-9,13H2. The highest BCUT2D eigenvalue weighted by atomic mass is 16.1. The Kier molecular flexibility index (Phi) is 2.46. The number of carbonyl (C=O) groups is 1. The fraction of sp³-hybridized carbons (Fsp3) is 0.480. The van der Waals surface area contributed by atoms with E-state index >= 15 is 0 Å². The number of fused-ring (bicyclic) bond motifs is 2. The third kappa shape index (κ3) is 1.50. The first kappa shape index (κ1) is 14.2. The van der Waals surface area contributed by atoms with E-state index in [1.807, 2.05) is 11.1 Å². The summed E-state index contributed by atoms with van der Waals surface area (Å²) in [5.74, 6) is 1.92. The van der Waals surface area contributed by atoms with Crippen molar-refractivity contribution in [1.29, 1.82) is 0 Å². The molecule has 1 heteroatoms. The first-order valence-electron chi connectivity index (χ1n) is 10.6. The van der Waals surface area contributed by atoms with E-state index in [1.165, 1.54) is 60.1 Å². The van der Waals surface area contributed by atoms with Crippen molar-refractivity contribution >= 4 is 17.9 Å². The number of hydrogen-bond donors (Lipinski definition) is 0. The van der Waals surface area contributed by atoms with Crippen LogP contribution < -0.4 is 10.4 Å². The fourth-order valence-corrected chi connectivity index (χ4v) is 7.64. The van der Waals surface area contributed by atoms with Crippen molar-refractivity contribution in [3.8, 4) is 0 Å². The van der Waals surface area contributed by atoms with Crippen molar-refractivity contribution in [3.63, 3.8) is 0 Å². The molecular formula is C25H24O. The van der Waals surface area contributed by atoms with Gasteiger partial charge in [0.2, 0.25) is 0 Å². The highest BCUT2D eigenvalue weighted by Gasteiger charge is 2.56. The number of rotatable bonds is 0. The summed E-state index contributed by atoms with van der Waals surface area (Å²) in [6.07, 6.45) is 14.5. The second kappa shape index (κ2) is 4.50. The molecule has 1 aromatic carbocycles. The molecule has 0 aliphatic heterocycles. The van der Waals surface area contributed by atoms with E-state index in [-0.39, 0.29) is 5.92 Å². The Morgan fingerprint density at radius 2 is 1.96 bits per heavy atom. The van der Waals surface area contributed by atoms with Gasteiger partial charge in [0.15, 0.2) is 0 Å². The molecule has 1 spiro atoms. The summed E-state index contributed by atoms with van der Waals surface area (Å²) < 4.78 is 0. The molecule has 1 fully saturated rings. The third-order valence-corrected chi connectivity index (χ3v) is 8.58. The Labute approximate surface area is 154 Å². The van der Waals surface area contributed by atoms with Crippen LogP contribution in [0.1, 0.15) is 62.8 Å². The molecule has 0 aromatic heterocycles. The summed E-state index contributed by atoms with van der Waals surface area (Å²) in [6, 6.07) is 7.14. The Morgan fingerprint density at radius 3 is 2.92 bits per heavy atom. The van der Waals surface area contributed by atoms with Crippen molar-refractivity contribution < 1.29 is 4.79 Å². The molecule has 0 heterocycles. The average molecular weight is 340 g/mol. The van der Waals surface area contributed by atoms with Crippen LogP contribution in [0, 0.1) is 17.3 Å². The van der Waals surface area contributed by atoms with Gasteiger partial charge in [-0.1, -0.05) is 47.1 Å². The monoisotopic (exact) mass is 340 g/mol. The molecule has 130 valence electrons. The number of allylic oxidation sites excluding steroid dienone is 4. The van der Waals surface area contributed by atoms with E-state index in [0.717, 1.165) is 18.8 Å². The van der Waals surface area contributed by atoms with E-state index in [4.69, 9.17) is 0 Å². The van der Waals surface area contributed by atoms with Crippen LogP contribution in [0.4, 0.5) is 0 Å². The Bertz CT molecular complexity index is 1080. The van der Waals surface area contributed by atoms with Crippen LogP contribution in [0.15, 0.2) is 40.5 Å². The van der Waals surface area contributed by atoms with E-state index in [9.17, 15) is 4.79 Å². The smallest absolute Gasteiger partial charge is 0.144 e. The summed E-state index contributed by atoms with van der Waals surface area (Å²) >= 11 is 0. The van der Waals surface area contributed by atoms with E-state index in [1.54, 1.807) is 5.57 Å². The van der Waals surface area contributed by atoms with Crippen LogP contribution in [-0.2, 0) is 4.79 Å². The minimum Gasteiger partial charge on any atom is -0.299 e. The summed E-state index contributed by atoms with van der Waals surface area (Å²) in [5, 5.41) is 2.64. The fourth-order valence-electron chi connectivity index (χ4n) is 7.64. The van der Waals surface area contributed by atoms with Crippen LogP contribution >= 0.6 is 0 Å². The van der Waals surface area contributed by atoms with Crippen molar-refractivity contribution in [1.82, 2.24) is 0 Å². The van der Waals surface area contributed by atoms with Gasteiger partial charge in [0.1, 0.15) is 5.78 Å². The van der Waals surface area contributed by atoms with Crippen molar-refractivity contribution in [3.05, 3.63) is 56.5 Å². The summed E-state index contributed by atoms with van der Waals surface area (Å²) in [4.78, 5) is 12.8. The molecule has 7 aliphatic rings. The second-order valence-electron chi connectivity index (χ2n) is 9.48.